The Hall–Kier alpha value is -2.40. The summed E-state index contributed by atoms with van der Waals surface area (Å²) < 4.78 is 1.91. The molecular formula is C18H20N4O. The number of nitrogens with zero attached hydrogens (tertiary/aromatic N) is 4. The average molecular weight is 308 g/mol. The van der Waals surface area contributed by atoms with Gasteiger partial charge in [0.05, 0.1) is 12.3 Å². The van der Waals surface area contributed by atoms with Crippen molar-refractivity contribution in [2.75, 3.05) is 18.0 Å². The number of rotatable bonds is 2. The molecule has 0 atom stereocenters. The Morgan fingerprint density at radius 1 is 1.09 bits per heavy atom. The number of piperidine rings is 1. The molecule has 5 heteroatoms. The molecule has 1 N–H and O–H groups in total. The summed E-state index contributed by atoms with van der Waals surface area (Å²) in [6.45, 7) is 3.78. The smallest absolute Gasteiger partial charge is 0.165 e. The van der Waals surface area contributed by atoms with Crippen molar-refractivity contribution in [2.24, 2.45) is 0 Å². The number of aliphatic hydroxyl groups is 1. The molecule has 2 aromatic heterocycles. The number of benzene rings is 1. The predicted octanol–water partition coefficient (Wildman–Crippen LogP) is 2.67. The molecule has 0 saturated carbocycles. The highest BCUT2D eigenvalue weighted by Crippen LogP contribution is 2.27. The molecule has 1 aliphatic heterocycles. The van der Waals surface area contributed by atoms with Gasteiger partial charge in [-0.25, -0.2) is 4.98 Å². The monoisotopic (exact) mass is 308 g/mol. The van der Waals surface area contributed by atoms with E-state index in [1.165, 1.54) is 5.56 Å². The van der Waals surface area contributed by atoms with E-state index >= 15 is 0 Å². The van der Waals surface area contributed by atoms with Crippen molar-refractivity contribution >= 4 is 11.5 Å². The summed E-state index contributed by atoms with van der Waals surface area (Å²) in [5, 5.41) is 14.3. The highest BCUT2D eigenvalue weighted by molar-refractivity contribution is 5.78. The number of hydrogen-bond acceptors (Lipinski definition) is 4. The second kappa shape index (κ2) is 5.66. The van der Waals surface area contributed by atoms with Gasteiger partial charge in [0.2, 0.25) is 0 Å². The Morgan fingerprint density at radius 3 is 2.57 bits per heavy atom. The van der Waals surface area contributed by atoms with E-state index in [-0.39, 0.29) is 6.10 Å². The van der Waals surface area contributed by atoms with E-state index in [4.69, 9.17) is 0 Å². The molecule has 118 valence electrons. The van der Waals surface area contributed by atoms with E-state index in [2.05, 4.69) is 46.2 Å². The van der Waals surface area contributed by atoms with Gasteiger partial charge in [-0.2, -0.15) is 9.61 Å². The van der Waals surface area contributed by atoms with Crippen LogP contribution in [0.4, 0.5) is 5.82 Å². The van der Waals surface area contributed by atoms with Crippen LogP contribution in [0.15, 0.2) is 42.7 Å². The van der Waals surface area contributed by atoms with E-state index in [1.54, 1.807) is 0 Å². The molecule has 5 nitrogen and oxygen atoms in total. The minimum absolute atomic E-state index is 0.177. The number of aryl methyl sites for hydroxylation is 1. The quantitative estimate of drug-likeness (QED) is 0.791. The van der Waals surface area contributed by atoms with E-state index in [0.717, 1.165) is 48.5 Å². The van der Waals surface area contributed by atoms with E-state index in [9.17, 15) is 5.11 Å². The first kappa shape index (κ1) is 14.2. The Labute approximate surface area is 135 Å². The van der Waals surface area contributed by atoms with Crippen LogP contribution in [-0.2, 0) is 0 Å². The van der Waals surface area contributed by atoms with Crippen LogP contribution in [-0.4, -0.2) is 38.9 Å². The molecule has 1 saturated heterocycles. The van der Waals surface area contributed by atoms with Crippen LogP contribution in [0.2, 0.25) is 0 Å². The van der Waals surface area contributed by atoms with Crippen LogP contribution in [0, 0.1) is 6.92 Å². The summed E-state index contributed by atoms with van der Waals surface area (Å²) in [5.74, 6) is 1.04. The van der Waals surface area contributed by atoms with Gasteiger partial charge in [0, 0.05) is 24.8 Å². The minimum atomic E-state index is -0.177. The van der Waals surface area contributed by atoms with Crippen molar-refractivity contribution in [3.8, 4) is 11.1 Å². The summed E-state index contributed by atoms with van der Waals surface area (Å²) in [6, 6.07) is 10.4. The van der Waals surface area contributed by atoms with Crippen LogP contribution in [0.5, 0.6) is 0 Å². The largest absolute Gasteiger partial charge is 0.393 e. The maximum absolute atomic E-state index is 9.70. The third-order valence-corrected chi connectivity index (χ3v) is 4.53. The SMILES string of the molecule is Cc1ccc(-c2cnn3c(N4CCC(O)CC4)ccnc23)cc1. The molecule has 1 fully saturated rings. The first-order valence-corrected chi connectivity index (χ1v) is 8.05. The van der Waals surface area contributed by atoms with Gasteiger partial charge in [0.1, 0.15) is 5.82 Å². The highest BCUT2D eigenvalue weighted by Gasteiger charge is 2.20. The minimum Gasteiger partial charge on any atom is -0.393 e. The van der Waals surface area contributed by atoms with E-state index in [0.29, 0.717) is 0 Å². The second-order valence-corrected chi connectivity index (χ2v) is 6.18. The Morgan fingerprint density at radius 2 is 1.83 bits per heavy atom. The lowest BCUT2D eigenvalue weighted by Gasteiger charge is -2.31. The number of hydrogen-bond donors (Lipinski definition) is 1. The summed E-state index contributed by atoms with van der Waals surface area (Å²) in [7, 11) is 0. The molecule has 4 rings (SSSR count). The molecule has 0 aliphatic carbocycles. The van der Waals surface area contributed by atoms with Gasteiger partial charge in [-0.1, -0.05) is 29.8 Å². The van der Waals surface area contributed by atoms with Crippen LogP contribution in [0.1, 0.15) is 18.4 Å². The summed E-state index contributed by atoms with van der Waals surface area (Å²) in [4.78, 5) is 6.81. The van der Waals surface area contributed by atoms with Gasteiger partial charge in [-0.05, 0) is 31.4 Å². The van der Waals surface area contributed by atoms with Crippen molar-refractivity contribution in [2.45, 2.75) is 25.9 Å². The first-order chi connectivity index (χ1) is 11.2. The molecular weight excluding hydrogens is 288 g/mol. The average Bonchev–Trinajstić information content (AvgIpc) is 3.00. The molecule has 0 bridgehead atoms. The summed E-state index contributed by atoms with van der Waals surface area (Å²) in [5.41, 5.74) is 4.29. The highest BCUT2D eigenvalue weighted by atomic mass is 16.3. The van der Waals surface area contributed by atoms with Crippen LogP contribution < -0.4 is 4.90 Å². The first-order valence-electron chi connectivity index (χ1n) is 8.05. The molecule has 0 amide bonds. The molecule has 0 spiro atoms. The third kappa shape index (κ3) is 2.57. The number of anilines is 1. The summed E-state index contributed by atoms with van der Waals surface area (Å²) in [6.07, 6.45) is 5.15. The maximum Gasteiger partial charge on any atom is 0.165 e. The van der Waals surface area contributed by atoms with Crippen molar-refractivity contribution < 1.29 is 5.11 Å². The normalized spacial score (nSPS) is 16.2. The predicted molar refractivity (Wildman–Crippen MR) is 90.6 cm³/mol. The molecule has 1 aromatic carbocycles. The Bertz CT molecular complexity index is 817. The number of aromatic nitrogens is 3. The number of aliphatic hydroxyl groups excluding tert-OH is 1. The standard InChI is InChI=1S/C18H20N4O/c1-13-2-4-14(5-3-13)16-12-20-22-17(6-9-19-18(16)22)21-10-7-15(23)8-11-21/h2-6,9,12,15,23H,7-8,10-11H2,1H3. The molecule has 3 aromatic rings. The van der Waals surface area contributed by atoms with Crippen LogP contribution >= 0.6 is 0 Å². The van der Waals surface area contributed by atoms with Gasteiger partial charge < -0.3 is 10.0 Å². The third-order valence-electron chi connectivity index (χ3n) is 4.53. The zero-order valence-corrected chi connectivity index (χ0v) is 13.2. The topological polar surface area (TPSA) is 53.7 Å². The van der Waals surface area contributed by atoms with Gasteiger partial charge in [-0.3, -0.25) is 0 Å². The lowest BCUT2D eigenvalue weighted by molar-refractivity contribution is 0.145. The van der Waals surface area contributed by atoms with E-state index in [1.807, 2.05) is 23.0 Å². The van der Waals surface area contributed by atoms with Gasteiger partial charge in [0.25, 0.3) is 0 Å². The molecule has 0 unspecified atom stereocenters. The molecule has 1 aliphatic rings. The van der Waals surface area contributed by atoms with Crippen molar-refractivity contribution in [1.82, 2.24) is 14.6 Å². The summed E-state index contributed by atoms with van der Waals surface area (Å²) >= 11 is 0. The van der Waals surface area contributed by atoms with Gasteiger partial charge in [0.15, 0.2) is 5.65 Å². The Kier molecular flexibility index (Phi) is 3.50. The van der Waals surface area contributed by atoms with Crippen molar-refractivity contribution in [3.63, 3.8) is 0 Å². The van der Waals surface area contributed by atoms with Gasteiger partial charge in [-0.15, -0.1) is 0 Å². The lowest BCUT2D eigenvalue weighted by Crippen LogP contribution is -2.36. The maximum atomic E-state index is 9.70. The molecule has 23 heavy (non-hydrogen) atoms. The molecule has 0 radical (unpaired) electrons. The Balaban J connectivity index is 1.76. The van der Waals surface area contributed by atoms with Crippen molar-refractivity contribution in [1.29, 1.82) is 0 Å². The molecule has 3 heterocycles. The second-order valence-electron chi connectivity index (χ2n) is 6.18. The van der Waals surface area contributed by atoms with E-state index < -0.39 is 0 Å². The lowest BCUT2D eigenvalue weighted by atomic mass is 10.1. The fourth-order valence-electron chi connectivity index (χ4n) is 3.15. The zero-order valence-electron chi connectivity index (χ0n) is 13.2. The number of fused-ring (bicyclic) bond motifs is 1. The van der Waals surface area contributed by atoms with Crippen molar-refractivity contribution in [3.05, 3.63) is 48.3 Å². The van der Waals surface area contributed by atoms with Crippen LogP contribution in [0.25, 0.3) is 16.8 Å². The van der Waals surface area contributed by atoms with Gasteiger partial charge >= 0.3 is 0 Å². The van der Waals surface area contributed by atoms with Crippen LogP contribution in [0.3, 0.4) is 0 Å². The fourth-order valence-corrected chi connectivity index (χ4v) is 3.15. The fraction of sp³-hybridized carbons (Fsp3) is 0.333. The zero-order chi connectivity index (χ0) is 15.8.